The number of morpholine rings is 1. The summed E-state index contributed by atoms with van der Waals surface area (Å²) in [4.78, 5) is 36.5. The maximum atomic E-state index is 12.8. The van der Waals surface area contributed by atoms with Gasteiger partial charge in [0.05, 0.1) is 23.7 Å². The highest BCUT2D eigenvalue weighted by Gasteiger charge is 2.30. The van der Waals surface area contributed by atoms with Crippen molar-refractivity contribution in [3.05, 3.63) is 28.2 Å². The molecule has 2 heterocycles. The third-order valence-electron chi connectivity index (χ3n) is 4.24. The predicted molar refractivity (Wildman–Crippen MR) is 99.1 cm³/mol. The summed E-state index contributed by atoms with van der Waals surface area (Å²) in [6, 6.07) is 3.48. The highest BCUT2D eigenvalue weighted by atomic mass is 79.9. The number of imide groups is 1. The molecule has 0 unspecified atom stereocenters. The Bertz CT molecular complexity index is 899. The first kappa shape index (κ1) is 20.7. The number of hydrogen-bond acceptors (Lipinski definition) is 7. The number of carbonyl (C=O) groups excluding carboxylic acids is 3. The van der Waals surface area contributed by atoms with Gasteiger partial charge in [0, 0.05) is 30.7 Å². The molecule has 0 saturated carbocycles. The fourth-order valence-corrected chi connectivity index (χ4v) is 5.11. The average molecular weight is 476 g/mol. The number of nitrogens with zero attached hydrogens (tertiary/aromatic N) is 2. The molecule has 2 aliphatic rings. The van der Waals surface area contributed by atoms with Gasteiger partial charge in [-0.05, 0) is 34.1 Å². The first-order valence-electron chi connectivity index (χ1n) is 8.43. The van der Waals surface area contributed by atoms with E-state index >= 15 is 0 Å². The summed E-state index contributed by atoms with van der Waals surface area (Å²) in [6.07, 6.45) is 0. The molecule has 0 bridgehead atoms. The Balaban J connectivity index is 1.72. The van der Waals surface area contributed by atoms with E-state index in [1.165, 1.54) is 22.5 Å². The van der Waals surface area contributed by atoms with Crippen LogP contribution >= 0.6 is 15.9 Å². The van der Waals surface area contributed by atoms with Gasteiger partial charge in [0.1, 0.15) is 0 Å². The zero-order valence-electron chi connectivity index (χ0n) is 14.7. The van der Waals surface area contributed by atoms with Gasteiger partial charge in [0.25, 0.3) is 5.91 Å². The number of sulfonamides is 1. The van der Waals surface area contributed by atoms with Crippen molar-refractivity contribution in [3.8, 4) is 0 Å². The Morgan fingerprint density at radius 1 is 1.21 bits per heavy atom. The van der Waals surface area contributed by atoms with Crippen molar-refractivity contribution in [3.63, 3.8) is 0 Å². The Kier molecular flexibility index (Phi) is 6.33. The zero-order valence-corrected chi connectivity index (χ0v) is 17.1. The van der Waals surface area contributed by atoms with Crippen LogP contribution in [0.15, 0.2) is 27.6 Å². The minimum atomic E-state index is -3.83. The molecule has 0 aromatic heterocycles. The van der Waals surface area contributed by atoms with Crippen LogP contribution in [-0.2, 0) is 24.3 Å². The molecule has 2 saturated heterocycles. The maximum absolute atomic E-state index is 12.8. The molecular formula is C16H18BrN3O7S. The van der Waals surface area contributed by atoms with Crippen molar-refractivity contribution in [2.45, 2.75) is 4.90 Å². The molecule has 3 rings (SSSR count). The number of benzene rings is 1. The van der Waals surface area contributed by atoms with Gasteiger partial charge in [0.15, 0.2) is 6.61 Å². The number of amides is 3. The molecule has 3 amide bonds. The van der Waals surface area contributed by atoms with Crippen molar-refractivity contribution in [1.29, 1.82) is 0 Å². The van der Waals surface area contributed by atoms with Crippen molar-refractivity contribution < 1.29 is 32.3 Å². The maximum Gasteiger partial charge on any atom is 0.338 e. The zero-order chi connectivity index (χ0) is 20.3. The number of nitrogens with one attached hydrogen (secondary N) is 1. The Hall–Kier alpha value is -2.02. The van der Waals surface area contributed by atoms with Gasteiger partial charge < -0.3 is 14.8 Å². The summed E-state index contributed by atoms with van der Waals surface area (Å²) >= 11 is 3.20. The third kappa shape index (κ3) is 4.35. The molecule has 0 radical (unpaired) electrons. The van der Waals surface area contributed by atoms with Crippen LogP contribution in [0.5, 0.6) is 0 Å². The van der Waals surface area contributed by atoms with Crippen LogP contribution in [-0.4, -0.2) is 81.5 Å². The quantitative estimate of drug-likeness (QED) is 0.602. The number of esters is 1. The number of hydrogen-bond donors (Lipinski definition) is 1. The van der Waals surface area contributed by atoms with Crippen LogP contribution in [0, 0.1) is 0 Å². The molecular weight excluding hydrogens is 458 g/mol. The van der Waals surface area contributed by atoms with E-state index in [9.17, 15) is 22.8 Å². The van der Waals surface area contributed by atoms with Crippen LogP contribution < -0.4 is 5.32 Å². The second-order valence-electron chi connectivity index (χ2n) is 6.02. The van der Waals surface area contributed by atoms with E-state index in [-0.39, 0.29) is 30.1 Å². The molecule has 2 aliphatic heterocycles. The van der Waals surface area contributed by atoms with E-state index in [2.05, 4.69) is 21.2 Å². The lowest BCUT2D eigenvalue weighted by atomic mass is 10.2. The molecule has 1 N–H and O–H groups in total. The molecule has 1 aromatic carbocycles. The first-order valence-corrected chi connectivity index (χ1v) is 10.7. The average Bonchev–Trinajstić information content (AvgIpc) is 3.12. The molecule has 0 atom stereocenters. The van der Waals surface area contributed by atoms with E-state index in [1.807, 2.05) is 0 Å². The Morgan fingerprint density at radius 2 is 1.93 bits per heavy atom. The third-order valence-corrected chi connectivity index (χ3v) is 7.13. The second-order valence-corrected chi connectivity index (χ2v) is 8.78. The lowest BCUT2D eigenvalue weighted by Crippen LogP contribution is -2.40. The number of rotatable bonds is 5. The SMILES string of the molecule is O=C(OCC(=O)N1CCNC1=O)c1ccc(Br)c(S(=O)(=O)N2CCOCC2)c1. The highest BCUT2D eigenvalue weighted by Crippen LogP contribution is 2.27. The number of carbonyl (C=O) groups is 3. The van der Waals surface area contributed by atoms with Crippen LogP contribution in [0.25, 0.3) is 0 Å². The van der Waals surface area contributed by atoms with Gasteiger partial charge in [-0.3, -0.25) is 9.69 Å². The minimum absolute atomic E-state index is 0.0197. The number of ether oxygens (including phenoxy) is 2. The topological polar surface area (TPSA) is 122 Å². The molecule has 12 heteroatoms. The molecule has 2 fully saturated rings. The number of urea groups is 1. The van der Waals surface area contributed by atoms with Gasteiger partial charge in [-0.25, -0.2) is 18.0 Å². The standard InChI is InChI=1S/C16H18BrN3O7S/c17-12-2-1-11(9-13(12)28(24,25)19-5-7-26-8-6-19)15(22)27-10-14(21)20-4-3-18-16(20)23/h1-2,9H,3-8,10H2,(H,18,23). The lowest BCUT2D eigenvalue weighted by molar-refractivity contribution is -0.130. The Morgan fingerprint density at radius 3 is 2.57 bits per heavy atom. The lowest BCUT2D eigenvalue weighted by Gasteiger charge is -2.26. The molecule has 0 aliphatic carbocycles. The van der Waals surface area contributed by atoms with E-state index < -0.39 is 34.5 Å². The monoisotopic (exact) mass is 475 g/mol. The summed E-state index contributed by atoms with van der Waals surface area (Å²) in [5.41, 5.74) is -0.0197. The normalized spacial score (nSPS) is 18.0. The Labute approximate surface area is 169 Å². The fourth-order valence-electron chi connectivity index (χ4n) is 2.75. The van der Waals surface area contributed by atoms with E-state index in [4.69, 9.17) is 9.47 Å². The first-order chi connectivity index (χ1) is 13.3. The van der Waals surface area contributed by atoms with Gasteiger partial charge in [0.2, 0.25) is 10.0 Å². The summed E-state index contributed by atoms with van der Waals surface area (Å²) in [5, 5.41) is 2.47. The molecule has 1 aromatic rings. The van der Waals surface area contributed by atoms with Crippen molar-refractivity contribution in [2.75, 3.05) is 46.0 Å². The summed E-state index contributed by atoms with van der Waals surface area (Å²) < 4.78 is 37.4. The molecule has 0 spiro atoms. The predicted octanol–water partition coefficient (Wildman–Crippen LogP) is 0.179. The van der Waals surface area contributed by atoms with Crippen LogP contribution in [0.3, 0.4) is 0 Å². The largest absolute Gasteiger partial charge is 0.452 e. The van der Waals surface area contributed by atoms with Gasteiger partial charge in [-0.1, -0.05) is 0 Å². The smallest absolute Gasteiger partial charge is 0.338 e. The molecule has 28 heavy (non-hydrogen) atoms. The van der Waals surface area contributed by atoms with Crippen LogP contribution in [0.4, 0.5) is 4.79 Å². The van der Waals surface area contributed by atoms with Crippen molar-refractivity contribution >= 4 is 43.9 Å². The minimum Gasteiger partial charge on any atom is -0.452 e. The van der Waals surface area contributed by atoms with Gasteiger partial charge in [-0.2, -0.15) is 4.31 Å². The molecule has 10 nitrogen and oxygen atoms in total. The van der Waals surface area contributed by atoms with Crippen LogP contribution in [0.1, 0.15) is 10.4 Å². The molecule has 152 valence electrons. The summed E-state index contributed by atoms with van der Waals surface area (Å²) in [5.74, 6) is -1.51. The van der Waals surface area contributed by atoms with E-state index in [0.29, 0.717) is 24.2 Å². The van der Waals surface area contributed by atoms with Gasteiger partial charge >= 0.3 is 12.0 Å². The van der Waals surface area contributed by atoms with Gasteiger partial charge in [-0.15, -0.1) is 0 Å². The van der Waals surface area contributed by atoms with Crippen molar-refractivity contribution in [1.82, 2.24) is 14.5 Å². The summed E-state index contributed by atoms with van der Waals surface area (Å²) in [7, 11) is -3.83. The highest BCUT2D eigenvalue weighted by molar-refractivity contribution is 9.10. The fraction of sp³-hybridized carbons (Fsp3) is 0.438. The van der Waals surface area contributed by atoms with E-state index in [0.717, 1.165) is 4.90 Å². The van der Waals surface area contributed by atoms with E-state index in [1.54, 1.807) is 0 Å². The summed E-state index contributed by atoms with van der Waals surface area (Å²) in [6.45, 7) is 0.957. The second kappa shape index (κ2) is 8.55. The number of halogens is 1. The van der Waals surface area contributed by atoms with Crippen molar-refractivity contribution in [2.24, 2.45) is 0 Å². The van der Waals surface area contributed by atoms with Crippen LogP contribution in [0.2, 0.25) is 0 Å².